The van der Waals surface area contributed by atoms with Gasteiger partial charge in [0.05, 0.1) is 36.2 Å². The van der Waals surface area contributed by atoms with Crippen LogP contribution in [-0.2, 0) is 11.3 Å². The van der Waals surface area contributed by atoms with Crippen LogP contribution in [0.2, 0.25) is 0 Å². The predicted molar refractivity (Wildman–Crippen MR) is 76.2 cm³/mol. The van der Waals surface area contributed by atoms with E-state index < -0.39 is 17.5 Å². The van der Waals surface area contributed by atoms with Gasteiger partial charge in [-0.3, -0.25) is 4.79 Å². The fourth-order valence-electron chi connectivity index (χ4n) is 3.22. The molecule has 0 radical (unpaired) electrons. The third-order valence-electron chi connectivity index (χ3n) is 4.43. The summed E-state index contributed by atoms with van der Waals surface area (Å²) < 4.78 is 21.1. The summed E-state index contributed by atoms with van der Waals surface area (Å²) in [6.45, 7) is 1.34. The molecular formula is C15H15FN4O3. The molecule has 2 aliphatic rings. The molecule has 7 nitrogen and oxygen atoms in total. The van der Waals surface area contributed by atoms with Crippen molar-refractivity contribution in [1.82, 2.24) is 19.9 Å². The second-order valence-electron chi connectivity index (χ2n) is 5.76. The minimum absolute atomic E-state index is 0.0191. The second kappa shape index (κ2) is 5.31. The van der Waals surface area contributed by atoms with Gasteiger partial charge in [-0.25, -0.2) is 9.07 Å². The average molecular weight is 318 g/mol. The Morgan fingerprint density at radius 1 is 1.43 bits per heavy atom. The number of hydrogen-bond donors (Lipinski definition) is 1. The third kappa shape index (κ3) is 2.26. The van der Waals surface area contributed by atoms with Gasteiger partial charge in [0.15, 0.2) is 11.6 Å². The molecule has 1 aromatic carbocycles. The van der Waals surface area contributed by atoms with E-state index in [4.69, 9.17) is 4.74 Å². The Morgan fingerprint density at radius 3 is 3.17 bits per heavy atom. The number of amides is 1. The summed E-state index contributed by atoms with van der Waals surface area (Å²) in [5.74, 6) is -1.81. The van der Waals surface area contributed by atoms with Gasteiger partial charge in [0, 0.05) is 13.1 Å². The van der Waals surface area contributed by atoms with E-state index in [1.54, 1.807) is 15.8 Å². The quantitative estimate of drug-likeness (QED) is 0.852. The lowest BCUT2D eigenvalue weighted by atomic mass is 9.99. The molecule has 2 aliphatic heterocycles. The van der Waals surface area contributed by atoms with Crippen LogP contribution in [0.4, 0.5) is 4.39 Å². The van der Waals surface area contributed by atoms with Crippen molar-refractivity contribution >= 4 is 5.91 Å². The SMILES string of the molecule is O=C(c1cccc(F)c1O)N1CCC2OCc3cnnn3C2C1. The molecule has 2 atom stereocenters. The lowest BCUT2D eigenvalue weighted by Gasteiger charge is -2.41. The van der Waals surface area contributed by atoms with Gasteiger partial charge in [-0.1, -0.05) is 11.3 Å². The van der Waals surface area contributed by atoms with Crippen LogP contribution < -0.4 is 0 Å². The van der Waals surface area contributed by atoms with Crippen molar-refractivity contribution in [3.8, 4) is 5.75 Å². The zero-order valence-corrected chi connectivity index (χ0v) is 12.2. The van der Waals surface area contributed by atoms with E-state index in [2.05, 4.69) is 10.3 Å². The third-order valence-corrected chi connectivity index (χ3v) is 4.43. The first-order chi connectivity index (χ1) is 11.1. The molecule has 0 bridgehead atoms. The highest BCUT2D eigenvalue weighted by atomic mass is 19.1. The number of piperidine rings is 1. The predicted octanol–water partition coefficient (Wildman–Crippen LogP) is 1.11. The Hall–Kier alpha value is -2.48. The van der Waals surface area contributed by atoms with Gasteiger partial charge in [0.2, 0.25) is 0 Å². The lowest BCUT2D eigenvalue weighted by Crippen LogP contribution is -2.49. The molecule has 120 valence electrons. The highest BCUT2D eigenvalue weighted by Gasteiger charge is 2.38. The number of halogens is 1. The van der Waals surface area contributed by atoms with Crippen LogP contribution in [0.5, 0.6) is 5.75 Å². The number of hydrogen-bond acceptors (Lipinski definition) is 5. The summed E-state index contributed by atoms with van der Waals surface area (Å²) in [4.78, 5) is 14.2. The Bertz CT molecular complexity index is 763. The Kier molecular flexibility index (Phi) is 3.26. The van der Waals surface area contributed by atoms with E-state index in [-0.39, 0.29) is 17.7 Å². The molecule has 23 heavy (non-hydrogen) atoms. The molecule has 0 saturated carbocycles. The molecule has 0 spiro atoms. The first-order valence-electron chi connectivity index (χ1n) is 7.42. The molecule has 8 heteroatoms. The second-order valence-corrected chi connectivity index (χ2v) is 5.76. The smallest absolute Gasteiger partial charge is 0.257 e. The van der Waals surface area contributed by atoms with Crippen molar-refractivity contribution in [2.75, 3.05) is 13.1 Å². The molecule has 4 rings (SSSR count). The topological polar surface area (TPSA) is 80.5 Å². The van der Waals surface area contributed by atoms with E-state index >= 15 is 0 Å². The number of nitrogens with zero attached hydrogens (tertiary/aromatic N) is 4. The number of likely N-dealkylation sites (tertiary alicyclic amines) is 1. The summed E-state index contributed by atoms with van der Waals surface area (Å²) in [5.41, 5.74) is 0.841. The molecular weight excluding hydrogens is 303 g/mol. The summed E-state index contributed by atoms with van der Waals surface area (Å²) in [5, 5.41) is 17.7. The number of carbonyl (C=O) groups excluding carboxylic acids is 1. The fraction of sp³-hybridized carbons (Fsp3) is 0.400. The number of fused-ring (bicyclic) bond motifs is 3. The van der Waals surface area contributed by atoms with E-state index in [1.165, 1.54) is 12.1 Å². The number of phenols is 1. The van der Waals surface area contributed by atoms with Crippen LogP contribution in [0.3, 0.4) is 0 Å². The van der Waals surface area contributed by atoms with E-state index in [0.29, 0.717) is 26.1 Å². The Morgan fingerprint density at radius 2 is 2.30 bits per heavy atom. The Labute approximate surface area is 131 Å². The van der Waals surface area contributed by atoms with Crippen LogP contribution in [0.15, 0.2) is 24.4 Å². The number of ether oxygens (including phenoxy) is 1. The standard InChI is InChI=1S/C15H15FN4O3/c16-11-3-1-2-10(14(11)21)15(22)19-5-4-13-12(7-19)20-9(8-23-13)6-17-18-20/h1-3,6,12-13,21H,4-5,7-8H2. The number of aromatic hydroxyl groups is 1. The summed E-state index contributed by atoms with van der Waals surface area (Å²) in [7, 11) is 0. The van der Waals surface area contributed by atoms with Crippen LogP contribution in [0, 0.1) is 5.82 Å². The molecule has 1 fully saturated rings. The Balaban J connectivity index is 1.60. The average Bonchev–Trinajstić information content (AvgIpc) is 3.05. The minimum atomic E-state index is -0.801. The maximum absolute atomic E-state index is 13.5. The molecule has 2 unspecified atom stereocenters. The zero-order valence-electron chi connectivity index (χ0n) is 12.2. The molecule has 3 heterocycles. The first kappa shape index (κ1) is 14.1. The van der Waals surface area contributed by atoms with Gasteiger partial charge in [-0.05, 0) is 18.6 Å². The molecule has 0 aliphatic carbocycles. The van der Waals surface area contributed by atoms with Gasteiger partial charge in [0.1, 0.15) is 0 Å². The van der Waals surface area contributed by atoms with Crippen molar-refractivity contribution in [1.29, 1.82) is 0 Å². The summed E-state index contributed by atoms with van der Waals surface area (Å²) >= 11 is 0. The van der Waals surface area contributed by atoms with Gasteiger partial charge in [-0.15, -0.1) is 5.10 Å². The van der Waals surface area contributed by atoms with Gasteiger partial charge in [0.25, 0.3) is 5.91 Å². The van der Waals surface area contributed by atoms with Gasteiger partial charge in [-0.2, -0.15) is 0 Å². The number of para-hydroxylation sites is 1. The lowest BCUT2D eigenvalue weighted by molar-refractivity contribution is -0.0605. The highest BCUT2D eigenvalue weighted by molar-refractivity contribution is 5.97. The van der Waals surface area contributed by atoms with E-state index in [1.807, 2.05) is 0 Å². The maximum atomic E-state index is 13.5. The number of benzene rings is 1. The normalized spacial score (nSPS) is 23.3. The molecule has 1 aromatic heterocycles. The number of carbonyl (C=O) groups is 1. The molecule has 1 N–H and O–H groups in total. The number of aromatic nitrogens is 3. The summed E-state index contributed by atoms with van der Waals surface area (Å²) in [6.07, 6.45) is 2.29. The molecule has 2 aromatic rings. The van der Waals surface area contributed by atoms with Crippen molar-refractivity contribution in [3.63, 3.8) is 0 Å². The number of phenolic OH excluding ortho intramolecular Hbond substituents is 1. The van der Waals surface area contributed by atoms with Gasteiger partial charge < -0.3 is 14.7 Å². The largest absolute Gasteiger partial charge is 0.504 e. The molecule has 1 amide bonds. The van der Waals surface area contributed by atoms with Crippen LogP contribution >= 0.6 is 0 Å². The fourth-order valence-corrected chi connectivity index (χ4v) is 3.22. The van der Waals surface area contributed by atoms with Crippen molar-refractivity contribution < 1.29 is 19.0 Å². The van der Waals surface area contributed by atoms with E-state index in [9.17, 15) is 14.3 Å². The highest BCUT2D eigenvalue weighted by Crippen LogP contribution is 2.31. The maximum Gasteiger partial charge on any atom is 0.257 e. The van der Waals surface area contributed by atoms with E-state index in [0.717, 1.165) is 11.8 Å². The monoisotopic (exact) mass is 318 g/mol. The van der Waals surface area contributed by atoms with Crippen LogP contribution in [0.25, 0.3) is 0 Å². The van der Waals surface area contributed by atoms with Crippen LogP contribution in [-0.4, -0.2) is 50.1 Å². The van der Waals surface area contributed by atoms with Crippen molar-refractivity contribution in [2.24, 2.45) is 0 Å². The van der Waals surface area contributed by atoms with Crippen molar-refractivity contribution in [2.45, 2.75) is 25.2 Å². The number of rotatable bonds is 1. The zero-order chi connectivity index (χ0) is 16.0. The minimum Gasteiger partial charge on any atom is -0.504 e. The van der Waals surface area contributed by atoms with Crippen LogP contribution in [0.1, 0.15) is 28.5 Å². The first-order valence-corrected chi connectivity index (χ1v) is 7.42. The van der Waals surface area contributed by atoms with Crippen molar-refractivity contribution in [3.05, 3.63) is 41.5 Å². The molecule has 1 saturated heterocycles. The summed E-state index contributed by atoms with van der Waals surface area (Å²) in [6, 6.07) is 3.84. The van der Waals surface area contributed by atoms with Gasteiger partial charge >= 0.3 is 0 Å².